The number of carbonyl (C=O) groups is 1. The molecule has 0 spiro atoms. The Labute approximate surface area is 106 Å². The average Bonchev–Trinajstić information content (AvgIpc) is 2.64. The Bertz CT molecular complexity index is 573. The summed E-state index contributed by atoms with van der Waals surface area (Å²) in [6, 6.07) is 8.09. The lowest BCUT2D eigenvalue weighted by molar-refractivity contribution is -0.136. The van der Waals surface area contributed by atoms with Crippen molar-refractivity contribution in [2.24, 2.45) is 0 Å². The minimum Gasteiger partial charge on any atom is -0.481 e. The van der Waals surface area contributed by atoms with E-state index in [0.717, 1.165) is 11.4 Å². The summed E-state index contributed by atoms with van der Waals surface area (Å²) in [5.41, 5.74) is 3.93. The smallest absolute Gasteiger partial charge is 0.309 e. The fraction of sp³-hybridized carbons (Fsp3) is 0.286. The minimum absolute atomic E-state index is 0.0116. The number of benzene rings is 1. The molecule has 2 rings (SSSR count). The third-order valence-corrected chi connectivity index (χ3v) is 3.08. The SMILES string of the molecule is Cc1ccccc1Cn1cnc(C)c1CC(=O)O. The zero-order valence-electron chi connectivity index (χ0n) is 10.6. The molecule has 0 amide bonds. The van der Waals surface area contributed by atoms with Gasteiger partial charge in [-0.1, -0.05) is 24.3 Å². The predicted octanol–water partition coefficient (Wildman–Crippen LogP) is 2.18. The molecule has 4 heteroatoms. The largest absolute Gasteiger partial charge is 0.481 e. The zero-order valence-corrected chi connectivity index (χ0v) is 10.6. The van der Waals surface area contributed by atoms with E-state index in [2.05, 4.69) is 24.0 Å². The summed E-state index contributed by atoms with van der Waals surface area (Å²) in [4.78, 5) is 15.0. The van der Waals surface area contributed by atoms with Crippen LogP contribution >= 0.6 is 0 Å². The van der Waals surface area contributed by atoms with E-state index in [4.69, 9.17) is 5.11 Å². The maximum atomic E-state index is 10.8. The van der Waals surface area contributed by atoms with E-state index < -0.39 is 5.97 Å². The molecule has 0 saturated carbocycles. The van der Waals surface area contributed by atoms with Crippen LogP contribution < -0.4 is 0 Å². The monoisotopic (exact) mass is 244 g/mol. The second-order valence-electron chi connectivity index (χ2n) is 4.40. The molecule has 0 aliphatic rings. The van der Waals surface area contributed by atoms with E-state index in [9.17, 15) is 4.79 Å². The van der Waals surface area contributed by atoms with Gasteiger partial charge in [-0.3, -0.25) is 4.79 Å². The number of hydrogen-bond acceptors (Lipinski definition) is 2. The van der Waals surface area contributed by atoms with Gasteiger partial charge in [0.25, 0.3) is 0 Å². The first-order chi connectivity index (χ1) is 8.58. The number of carboxylic acid groups (broad SMARTS) is 1. The molecule has 0 fully saturated rings. The van der Waals surface area contributed by atoms with Gasteiger partial charge >= 0.3 is 5.97 Å². The van der Waals surface area contributed by atoms with Gasteiger partial charge in [0.1, 0.15) is 0 Å². The first-order valence-corrected chi connectivity index (χ1v) is 5.85. The molecule has 1 aromatic carbocycles. The maximum absolute atomic E-state index is 10.8. The molecule has 94 valence electrons. The van der Waals surface area contributed by atoms with Gasteiger partial charge in [-0.05, 0) is 25.0 Å². The van der Waals surface area contributed by atoms with E-state index in [1.165, 1.54) is 11.1 Å². The van der Waals surface area contributed by atoms with E-state index in [1.54, 1.807) is 6.33 Å². The van der Waals surface area contributed by atoms with E-state index >= 15 is 0 Å². The fourth-order valence-electron chi connectivity index (χ4n) is 1.99. The number of nitrogens with zero attached hydrogens (tertiary/aromatic N) is 2. The van der Waals surface area contributed by atoms with Crippen LogP contribution in [-0.4, -0.2) is 20.6 Å². The van der Waals surface area contributed by atoms with E-state index in [1.807, 2.05) is 23.6 Å². The topological polar surface area (TPSA) is 55.1 Å². The van der Waals surface area contributed by atoms with Crippen molar-refractivity contribution < 1.29 is 9.90 Å². The Morgan fingerprint density at radius 1 is 1.33 bits per heavy atom. The van der Waals surface area contributed by atoms with Gasteiger partial charge in [0.15, 0.2) is 0 Å². The van der Waals surface area contributed by atoms with Gasteiger partial charge in [0.05, 0.1) is 24.1 Å². The lowest BCUT2D eigenvalue weighted by atomic mass is 10.1. The van der Waals surface area contributed by atoms with E-state index in [0.29, 0.717) is 6.54 Å². The summed E-state index contributed by atoms with van der Waals surface area (Å²) in [6.07, 6.45) is 1.72. The van der Waals surface area contributed by atoms with Gasteiger partial charge in [-0.25, -0.2) is 4.98 Å². The van der Waals surface area contributed by atoms with Crippen molar-refractivity contribution in [2.75, 3.05) is 0 Å². The number of aromatic nitrogens is 2. The quantitative estimate of drug-likeness (QED) is 0.896. The Balaban J connectivity index is 2.30. The van der Waals surface area contributed by atoms with Crippen LogP contribution in [-0.2, 0) is 17.8 Å². The van der Waals surface area contributed by atoms with Gasteiger partial charge in [-0.2, -0.15) is 0 Å². The molecule has 1 heterocycles. The second-order valence-corrected chi connectivity index (χ2v) is 4.40. The van der Waals surface area contributed by atoms with Crippen LogP contribution in [0.2, 0.25) is 0 Å². The number of aliphatic carboxylic acids is 1. The lowest BCUT2D eigenvalue weighted by Crippen LogP contribution is -2.10. The highest BCUT2D eigenvalue weighted by atomic mass is 16.4. The molecule has 0 bridgehead atoms. The zero-order chi connectivity index (χ0) is 13.1. The van der Waals surface area contributed by atoms with Crippen molar-refractivity contribution in [1.82, 2.24) is 9.55 Å². The maximum Gasteiger partial charge on any atom is 0.309 e. The molecule has 0 saturated heterocycles. The van der Waals surface area contributed by atoms with Crippen molar-refractivity contribution >= 4 is 5.97 Å². The van der Waals surface area contributed by atoms with Gasteiger partial charge in [-0.15, -0.1) is 0 Å². The number of imidazole rings is 1. The molecule has 0 aliphatic heterocycles. The first-order valence-electron chi connectivity index (χ1n) is 5.85. The summed E-state index contributed by atoms with van der Waals surface area (Å²) in [6.45, 7) is 4.55. The Kier molecular flexibility index (Phi) is 3.46. The normalized spacial score (nSPS) is 10.6. The molecule has 0 radical (unpaired) electrons. The third-order valence-electron chi connectivity index (χ3n) is 3.08. The summed E-state index contributed by atoms with van der Waals surface area (Å²) in [5, 5.41) is 8.91. The first kappa shape index (κ1) is 12.4. The molecule has 0 unspecified atom stereocenters. The molecule has 1 aromatic heterocycles. The fourth-order valence-corrected chi connectivity index (χ4v) is 1.99. The lowest BCUT2D eigenvalue weighted by Gasteiger charge is -2.09. The van der Waals surface area contributed by atoms with Crippen LogP contribution in [0.15, 0.2) is 30.6 Å². The van der Waals surface area contributed by atoms with Crippen LogP contribution in [0.25, 0.3) is 0 Å². The highest BCUT2D eigenvalue weighted by molar-refractivity contribution is 5.69. The number of carboxylic acids is 1. The Morgan fingerprint density at radius 3 is 2.72 bits per heavy atom. The number of hydrogen-bond donors (Lipinski definition) is 1. The molecule has 18 heavy (non-hydrogen) atoms. The molecule has 1 N–H and O–H groups in total. The molecule has 0 aliphatic carbocycles. The second kappa shape index (κ2) is 5.04. The van der Waals surface area contributed by atoms with Gasteiger partial charge in [0, 0.05) is 6.54 Å². The highest BCUT2D eigenvalue weighted by Gasteiger charge is 2.11. The van der Waals surface area contributed by atoms with Crippen molar-refractivity contribution in [3.05, 3.63) is 53.1 Å². The molecular formula is C14H16N2O2. The van der Waals surface area contributed by atoms with Gasteiger partial charge < -0.3 is 9.67 Å². The van der Waals surface area contributed by atoms with E-state index in [-0.39, 0.29) is 6.42 Å². The molecule has 2 aromatic rings. The van der Waals surface area contributed by atoms with Crippen LogP contribution in [0.4, 0.5) is 0 Å². The minimum atomic E-state index is -0.829. The third kappa shape index (κ3) is 2.59. The Hall–Kier alpha value is -2.10. The number of rotatable bonds is 4. The summed E-state index contributed by atoms with van der Waals surface area (Å²) < 4.78 is 1.91. The summed E-state index contributed by atoms with van der Waals surface area (Å²) in [7, 11) is 0. The van der Waals surface area contributed by atoms with Crippen LogP contribution in [0.3, 0.4) is 0 Å². The van der Waals surface area contributed by atoms with Crippen LogP contribution in [0.1, 0.15) is 22.5 Å². The van der Waals surface area contributed by atoms with Crippen molar-refractivity contribution in [1.29, 1.82) is 0 Å². The summed E-state index contributed by atoms with van der Waals surface area (Å²) in [5.74, 6) is -0.829. The number of aryl methyl sites for hydroxylation is 2. The Morgan fingerprint density at radius 2 is 2.06 bits per heavy atom. The summed E-state index contributed by atoms with van der Waals surface area (Å²) >= 11 is 0. The standard InChI is InChI=1S/C14H16N2O2/c1-10-5-3-4-6-12(10)8-16-9-15-11(2)13(16)7-14(17)18/h3-6,9H,7-8H2,1-2H3,(H,17,18). The van der Waals surface area contributed by atoms with Crippen molar-refractivity contribution in [3.8, 4) is 0 Å². The molecule has 4 nitrogen and oxygen atoms in total. The molecule has 0 atom stereocenters. The predicted molar refractivity (Wildman–Crippen MR) is 68.6 cm³/mol. The van der Waals surface area contributed by atoms with Crippen molar-refractivity contribution in [3.63, 3.8) is 0 Å². The van der Waals surface area contributed by atoms with Crippen LogP contribution in [0, 0.1) is 13.8 Å². The van der Waals surface area contributed by atoms with Gasteiger partial charge in [0.2, 0.25) is 0 Å². The molecular weight excluding hydrogens is 228 g/mol. The van der Waals surface area contributed by atoms with Crippen molar-refractivity contribution in [2.45, 2.75) is 26.8 Å². The van der Waals surface area contributed by atoms with Crippen LogP contribution in [0.5, 0.6) is 0 Å². The average molecular weight is 244 g/mol. The highest BCUT2D eigenvalue weighted by Crippen LogP contribution is 2.13.